The first-order chi connectivity index (χ1) is 12.1. The lowest BCUT2D eigenvalue weighted by molar-refractivity contribution is 0.103. The van der Waals surface area contributed by atoms with Gasteiger partial charge in [-0.15, -0.1) is 12.4 Å². The normalized spacial score (nSPS) is 20.5. The van der Waals surface area contributed by atoms with E-state index < -0.39 is 0 Å². The smallest absolute Gasteiger partial charge is 0.115 e. The van der Waals surface area contributed by atoms with E-state index in [1.807, 2.05) is 24.3 Å². The van der Waals surface area contributed by atoms with Gasteiger partial charge in [0.25, 0.3) is 0 Å². The van der Waals surface area contributed by atoms with Crippen LogP contribution >= 0.6 is 12.4 Å². The third-order valence-electron chi connectivity index (χ3n) is 5.63. The average molecular weight is 376 g/mol. The van der Waals surface area contributed by atoms with Crippen LogP contribution in [0.25, 0.3) is 0 Å². The molecule has 1 fully saturated rings. The molecule has 0 aromatic heterocycles. The summed E-state index contributed by atoms with van der Waals surface area (Å²) in [5.41, 5.74) is 2.61. The minimum atomic E-state index is 0. The van der Waals surface area contributed by atoms with Crippen LogP contribution in [0.2, 0.25) is 0 Å². The Kier molecular flexibility index (Phi) is 7.80. The quantitative estimate of drug-likeness (QED) is 0.751. The highest BCUT2D eigenvalue weighted by molar-refractivity contribution is 5.85. The highest BCUT2D eigenvalue weighted by atomic mass is 35.5. The molecule has 0 unspecified atom stereocenters. The van der Waals surface area contributed by atoms with Gasteiger partial charge in [-0.05, 0) is 81.0 Å². The van der Waals surface area contributed by atoms with E-state index in [1.165, 1.54) is 43.2 Å². The van der Waals surface area contributed by atoms with Gasteiger partial charge < -0.3 is 15.1 Å². The average Bonchev–Trinajstić information content (AvgIpc) is 2.62. The largest absolute Gasteiger partial charge is 0.508 e. The summed E-state index contributed by atoms with van der Waals surface area (Å²) in [6.45, 7) is 0. The van der Waals surface area contributed by atoms with E-state index in [0.717, 1.165) is 12.8 Å². The minimum Gasteiger partial charge on any atom is -0.508 e. The molecule has 3 rings (SSSR count). The number of hydrogen-bond acceptors (Lipinski definition) is 3. The van der Waals surface area contributed by atoms with Crippen molar-refractivity contribution in [3.63, 3.8) is 0 Å². The SMILES string of the molecule is CN1[C@@H](CCc2ccc(O)cc2)CCC[C@H]1CCc1ccc(O)cc1.Cl. The maximum atomic E-state index is 9.40. The fourth-order valence-corrected chi connectivity index (χ4v) is 3.98. The van der Waals surface area contributed by atoms with Crippen molar-refractivity contribution in [2.45, 2.75) is 57.0 Å². The minimum absolute atomic E-state index is 0. The van der Waals surface area contributed by atoms with Crippen LogP contribution in [0.4, 0.5) is 0 Å². The van der Waals surface area contributed by atoms with Crippen LogP contribution in [0.5, 0.6) is 11.5 Å². The number of hydrogen-bond donors (Lipinski definition) is 2. The number of aryl methyl sites for hydroxylation is 2. The molecule has 0 bridgehead atoms. The number of benzene rings is 2. The zero-order chi connectivity index (χ0) is 17.6. The monoisotopic (exact) mass is 375 g/mol. The van der Waals surface area contributed by atoms with E-state index in [1.54, 1.807) is 24.3 Å². The molecule has 0 spiro atoms. The fourth-order valence-electron chi connectivity index (χ4n) is 3.98. The number of aromatic hydroxyl groups is 2. The first-order valence-electron chi connectivity index (χ1n) is 9.39. The third kappa shape index (κ3) is 5.65. The van der Waals surface area contributed by atoms with Crippen molar-refractivity contribution in [2.24, 2.45) is 0 Å². The maximum Gasteiger partial charge on any atom is 0.115 e. The summed E-state index contributed by atoms with van der Waals surface area (Å²) in [6, 6.07) is 16.5. The summed E-state index contributed by atoms with van der Waals surface area (Å²) < 4.78 is 0. The lowest BCUT2D eigenvalue weighted by Gasteiger charge is -2.40. The van der Waals surface area contributed by atoms with Gasteiger partial charge in [-0.25, -0.2) is 0 Å². The molecule has 2 atom stereocenters. The molecule has 26 heavy (non-hydrogen) atoms. The van der Waals surface area contributed by atoms with Crippen LogP contribution in [0.15, 0.2) is 48.5 Å². The van der Waals surface area contributed by atoms with Crippen molar-refractivity contribution in [3.05, 3.63) is 59.7 Å². The topological polar surface area (TPSA) is 43.7 Å². The van der Waals surface area contributed by atoms with Crippen molar-refractivity contribution in [3.8, 4) is 11.5 Å². The van der Waals surface area contributed by atoms with Crippen LogP contribution in [-0.4, -0.2) is 34.2 Å². The predicted molar refractivity (Wildman–Crippen MR) is 109 cm³/mol. The van der Waals surface area contributed by atoms with Crippen molar-refractivity contribution in [1.82, 2.24) is 4.90 Å². The molecule has 1 saturated heterocycles. The number of phenols is 2. The zero-order valence-electron chi connectivity index (χ0n) is 15.5. The van der Waals surface area contributed by atoms with Crippen molar-refractivity contribution < 1.29 is 10.2 Å². The van der Waals surface area contributed by atoms with Gasteiger partial charge in [0, 0.05) is 12.1 Å². The molecule has 2 aromatic carbocycles. The molecule has 1 aliphatic rings. The maximum absolute atomic E-state index is 9.40. The van der Waals surface area contributed by atoms with Gasteiger partial charge in [0.05, 0.1) is 0 Å². The van der Waals surface area contributed by atoms with Gasteiger partial charge in [0.1, 0.15) is 11.5 Å². The van der Waals surface area contributed by atoms with Crippen molar-refractivity contribution >= 4 is 12.4 Å². The molecular weight excluding hydrogens is 346 g/mol. The van der Waals surface area contributed by atoms with E-state index in [4.69, 9.17) is 0 Å². The molecule has 142 valence electrons. The van der Waals surface area contributed by atoms with Crippen LogP contribution in [-0.2, 0) is 12.8 Å². The van der Waals surface area contributed by atoms with Crippen molar-refractivity contribution in [1.29, 1.82) is 0 Å². The first-order valence-corrected chi connectivity index (χ1v) is 9.39. The van der Waals surface area contributed by atoms with Gasteiger partial charge in [-0.2, -0.15) is 0 Å². The van der Waals surface area contributed by atoms with Gasteiger partial charge in [0.2, 0.25) is 0 Å². The summed E-state index contributed by atoms with van der Waals surface area (Å²) in [5.74, 6) is 0.681. The molecule has 4 heteroatoms. The molecular formula is C22H30ClNO2. The summed E-state index contributed by atoms with van der Waals surface area (Å²) in [6.07, 6.45) is 8.37. The first kappa shape index (κ1) is 20.6. The van der Waals surface area contributed by atoms with Crippen LogP contribution in [0.3, 0.4) is 0 Å². The Morgan fingerprint density at radius 2 is 1.15 bits per heavy atom. The van der Waals surface area contributed by atoms with Crippen LogP contribution in [0, 0.1) is 0 Å². The summed E-state index contributed by atoms with van der Waals surface area (Å²) in [5, 5.41) is 18.8. The van der Waals surface area contributed by atoms with E-state index in [0.29, 0.717) is 23.6 Å². The zero-order valence-corrected chi connectivity index (χ0v) is 16.3. The second-order valence-electron chi connectivity index (χ2n) is 7.31. The van der Waals surface area contributed by atoms with E-state index in [2.05, 4.69) is 11.9 Å². The molecule has 0 amide bonds. The number of piperidine rings is 1. The molecule has 0 aliphatic carbocycles. The van der Waals surface area contributed by atoms with Crippen LogP contribution < -0.4 is 0 Å². The molecule has 1 aliphatic heterocycles. The van der Waals surface area contributed by atoms with E-state index >= 15 is 0 Å². The van der Waals surface area contributed by atoms with E-state index in [9.17, 15) is 10.2 Å². The number of likely N-dealkylation sites (tertiary alicyclic amines) is 1. The molecule has 2 aromatic rings. The Balaban J connectivity index is 0.00000243. The Labute approximate surface area is 163 Å². The molecule has 3 nitrogen and oxygen atoms in total. The fraction of sp³-hybridized carbons (Fsp3) is 0.455. The second kappa shape index (κ2) is 9.84. The van der Waals surface area contributed by atoms with Gasteiger partial charge in [0.15, 0.2) is 0 Å². The molecule has 1 heterocycles. The molecule has 2 N–H and O–H groups in total. The molecule has 0 radical (unpaired) electrons. The Hall–Kier alpha value is -1.71. The number of rotatable bonds is 6. The number of phenolic OH excluding ortho intramolecular Hbond substituents is 2. The Morgan fingerprint density at radius 3 is 1.54 bits per heavy atom. The second-order valence-corrected chi connectivity index (χ2v) is 7.31. The standard InChI is InChI=1S/C22H29NO2.ClH/c1-23-19(11-5-17-7-13-21(24)14-8-17)3-2-4-20(23)12-6-18-9-15-22(25)16-10-18;/h7-10,13-16,19-20,24-25H,2-6,11-12H2,1H3;1H/t19-,20+;. The number of nitrogens with zero attached hydrogens (tertiary/aromatic N) is 1. The molecule has 0 saturated carbocycles. The van der Waals surface area contributed by atoms with Crippen molar-refractivity contribution in [2.75, 3.05) is 7.05 Å². The van der Waals surface area contributed by atoms with Crippen LogP contribution in [0.1, 0.15) is 43.2 Å². The summed E-state index contributed by atoms with van der Waals surface area (Å²) >= 11 is 0. The highest BCUT2D eigenvalue weighted by Gasteiger charge is 2.26. The Bertz CT molecular complexity index is 599. The predicted octanol–water partition coefficient (Wildman–Crippen LogP) is 4.94. The number of halogens is 1. The lowest BCUT2D eigenvalue weighted by Crippen LogP contribution is -2.44. The lowest BCUT2D eigenvalue weighted by atomic mass is 9.89. The highest BCUT2D eigenvalue weighted by Crippen LogP contribution is 2.27. The van der Waals surface area contributed by atoms with Gasteiger partial charge in [-0.1, -0.05) is 30.7 Å². The van der Waals surface area contributed by atoms with Gasteiger partial charge in [-0.3, -0.25) is 0 Å². The Morgan fingerprint density at radius 1 is 0.769 bits per heavy atom. The summed E-state index contributed by atoms with van der Waals surface area (Å²) in [4.78, 5) is 2.59. The van der Waals surface area contributed by atoms with Gasteiger partial charge >= 0.3 is 0 Å². The third-order valence-corrected chi connectivity index (χ3v) is 5.63. The van der Waals surface area contributed by atoms with E-state index in [-0.39, 0.29) is 12.4 Å². The summed E-state index contributed by atoms with van der Waals surface area (Å²) in [7, 11) is 2.28.